The Morgan fingerprint density at radius 3 is 1.42 bits per heavy atom. The van der Waals surface area contributed by atoms with Crippen LogP contribution < -0.4 is 17.2 Å². The summed E-state index contributed by atoms with van der Waals surface area (Å²) in [4.78, 5) is 80.8. The zero-order chi connectivity index (χ0) is 35.3. The average molecular weight is 638 g/mol. The number of phenolic OH excluding ortho intramolecular Hbond substituents is 3. The number of carboxylic acid groups (broad SMARTS) is 3. The number of phenols is 3. The number of carbonyl (C=O) groups is 5. The molecule has 3 rings (SSSR count). The highest BCUT2D eigenvalue weighted by atomic mass is 16.7. The Kier molecular flexibility index (Phi) is 20.0. The van der Waals surface area contributed by atoms with E-state index >= 15 is 0 Å². The summed E-state index contributed by atoms with van der Waals surface area (Å²) >= 11 is 0. The van der Waals surface area contributed by atoms with E-state index in [2.05, 4.69) is 0 Å². The fourth-order valence-electron chi connectivity index (χ4n) is 3.03. The normalized spacial score (nSPS) is 13.2. The van der Waals surface area contributed by atoms with Gasteiger partial charge in [-0.2, -0.15) is 0 Å². The van der Waals surface area contributed by atoms with Crippen molar-refractivity contribution >= 4 is 29.5 Å². The number of ketones is 2. The van der Waals surface area contributed by atoms with Gasteiger partial charge in [0.1, 0.15) is 23.9 Å². The molecule has 18 heteroatoms. The quantitative estimate of drug-likeness (QED) is 0.0988. The van der Waals surface area contributed by atoms with E-state index in [1.165, 1.54) is 36.4 Å². The Morgan fingerprint density at radius 1 is 0.578 bits per heavy atom. The molecule has 0 bridgehead atoms. The third-order valence-electron chi connectivity index (χ3n) is 5.30. The first-order chi connectivity index (χ1) is 21.1. The van der Waals surface area contributed by atoms with Crippen molar-refractivity contribution in [1.82, 2.24) is 0 Å². The third-order valence-corrected chi connectivity index (χ3v) is 5.30. The van der Waals surface area contributed by atoms with Crippen LogP contribution in [0, 0.1) is 19.9 Å². The van der Waals surface area contributed by atoms with Crippen LogP contribution in [0.15, 0.2) is 66.3 Å². The summed E-state index contributed by atoms with van der Waals surface area (Å²) in [6, 6.07) is 7.47. The van der Waals surface area contributed by atoms with Crippen molar-refractivity contribution in [2.45, 2.75) is 37.4 Å². The molecule has 18 nitrogen and oxygen atoms in total. The van der Waals surface area contributed by atoms with Crippen molar-refractivity contribution in [3.05, 3.63) is 97.3 Å². The lowest BCUT2D eigenvalue weighted by Gasteiger charge is -2.08. The summed E-state index contributed by atoms with van der Waals surface area (Å²) in [5, 5.41) is 52.6. The van der Waals surface area contributed by atoms with Gasteiger partial charge in [0.15, 0.2) is 11.5 Å². The fourth-order valence-corrected chi connectivity index (χ4v) is 3.03. The molecule has 0 amide bonds. The number of hydrogen-bond acceptors (Lipinski definition) is 15. The van der Waals surface area contributed by atoms with Gasteiger partial charge in [0.25, 0.3) is 0 Å². The van der Waals surface area contributed by atoms with E-state index < -0.39 is 47.6 Å². The molecule has 0 aromatic heterocycles. The van der Waals surface area contributed by atoms with Crippen molar-refractivity contribution in [3.63, 3.8) is 0 Å². The first kappa shape index (κ1) is 41.3. The first-order valence-electron chi connectivity index (χ1n) is 12.1. The van der Waals surface area contributed by atoms with Crippen molar-refractivity contribution in [3.8, 4) is 17.2 Å². The van der Waals surface area contributed by atoms with Crippen LogP contribution in [0.1, 0.15) is 17.5 Å². The Bertz CT molecular complexity index is 1360. The van der Waals surface area contributed by atoms with Crippen LogP contribution in [0.2, 0.25) is 0 Å². The Morgan fingerprint density at radius 2 is 1.00 bits per heavy atom. The molecule has 0 saturated carbocycles. The molecule has 0 radical (unpaired) electrons. The molecule has 12 N–H and O–H groups in total. The van der Waals surface area contributed by atoms with Crippen molar-refractivity contribution in [2.24, 2.45) is 17.2 Å². The largest absolute Gasteiger partial charge is 0.508 e. The van der Waals surface area contributed by atoms with Gasteiger partial charge < -0.3 is 47.8 Å². The minimum atomic E-state index is -1.14. The molecule has 1 aliphatic rings. The molecule has 0 aliphatic heterocycles. The summed E-state index contributed by atoms with van der Waals surface area (Å²) in [5.74, 6) is -4.85. The van der Waals surface area contributed by atoms with Crippen LogP contribution in [-0.2, 0) is 36.8 Å². The van der Waals surface area contributed by atoms with Gasteiger partial charge in [0, 0.05) is 19.9 Å². The summed E-state index contributed by atoms with van der Waals surface area (Å²) in [7, 11) is 0. The maximum Gasteiger partial charge on any atom is 0.320 e. The van der Waals surface area contributed by atoms with Crippen LogP contribution >= 0.6 is 0 Å². The zero-order valence-electron chi connectivity index (χ0n) is 23.2. The molecule has 0 fully saturated rings. The fraction of sp³-hybridized carbons (Fsp3) is 0.222. The number of rotatable bonds is 9. The van der Waals surface area contributed by atoms with Gasteiger partial charge in [0.2, 0.25) is 11.6 Å². The minimum absolute atomic E-state index is 0.0465. The number of benzene rings is 2. The van der Waals surface area contributed by atoms with Crippen LogP contribution in [-0.4, -0.2) is 78.2 Å². The molecule has 0 spiro atoms. The lowest BCUT2D eigenvalue weighted by molar-refractivity contribution is -0.139. The summed E-state index contributed by atoms with van der Waals surface area (Å²) in [6.45, 7) is 0. The van der Waals surface area contributed by atoms with Gasteiger partial charge >= 0.3 is 17.9 Å². The van der Waals surface area contributed by atoms with Gasteiger partial charge in [-0.15, -0.1) is 0 Å². The molecular formula is C27H31N3O15. The first-order valence-corrected chi connectivity index (χ1v) is 12.1. The van der Waals surface area contributed by atoms with Crippen LogP contribution in [0.25, 0.3) is 0 Å². The highest BCUT2D eigenvalue weighted by Crippen LogP contribution is 2.25. The second-order valence-corrected chi connectivity index (χ2v) is 8.72. The van der Waals surface area contributed by atoms with E-state index in [1.54, 1.807) is 12.1 Å². The van der Waals surface area contributed by atoms with Gasteiger partial charge in [-0.25, -0.2) is 0 Å². The van der Waals surface area contributed by atoms with E-state index in [0.717, 1.165) is 17.7 Å². The van der Waals surface area contributed by atoms with E-state index in [0.29, 0.717) is 11.1 Å². The smallest absolute Gasteiger partial charge is 0.320 e. The second kappa shape index (κ2) is 21.8. The van der Waals surface area contributed by atoms with Gasteiger partial charge in [-0.1, -0.05) is 24.3 Å². The Hall–Kier alpha value is -5.85. The molecule has 0 heterocycles. The van der Waals surface area contributed by atoms with Crippen LogP contribution in [0.5, 0.6) is 17.2 Å². The molecular weight excluding hydrogens is 606 g/mol. The average Bonchev–Trinajstić information content (AvgIpc) is 3.00. The number of nitrogens with two attached hydrogens (primary N) is 3. The third kappa shape index (κ3) is 17.0. The van der Waals surface area contributed by atoms with Crippen molar-refractivity contribution < 1.29 is 54.6 Å². The SMILES string of the molecule is NC(CC1=CC(=O)C(=O)C=C1)C(=O)O.NC(Cc1ccc(O)c(O)c1)C(=O)O.NC(Cc1ccc(O)cc1)C(=O)O.O=O.O=O. The molecule has 1 aliphatic carbocycles. The zero-order valence-corrected chi connectivity index (χ0v) is 23.2. The van der Waals surface area contributed by atoms with Crippen LogP contribution in [0.4, 0.5) is 0 Å². The van der Waals surface area contributed by atoms with E-state index in [-0.39, 0.29) is 36.5 Å². The molecule has 45 heavy (non-hydrogen) atoms. The molecule has 3 atom stereocenters. The topological polar surface area (TPSA) is 353 Å². The summed E-state index contributed by atoms with van der Waals surface area (Å²) in [6.07, 6.45) is 4.08. The molecule has 2 aromatic rings. The highest BCUT2D eigenvalue weighted by Gasteiger charge is 2.18. The van der Waals surface area contributed by atoms with E-state index in [4.69, 9.17) is 67.7 Å². The van der Waals surface area contributed by atoms with E-state index in [9.17, 15) is 24.0 Å². The predicted octanol–water partition coefficient (Wildman–Crippen LogP) is -0.0444. The minimum Gasteiger partial charge on any atom is -0.508 e. The molecule has 244 valence electrons. The summed E-state index contributed by atoms with van der Waals surface area (Å²) in [5.41, 5.74) is 17.7. The molecule has 3 unspecified atom stereocenters. The maximum atomic E-state index is 10.9. The lowest BCUT2D eigenvalue weighted by Crippen LogP contribution is -2.32. The number of hydrogen-bond donors (Lipinski definition) is 9. The second-order valence-electron chi connectivity index (χ2n) is 8.72. The Labute approximate surface area is 253 Å². The van der Waals surface area contributed by atoms with E-state index in [1.807, 2.05) is 0 Å². The number of carbonyl (C=O) groups excluding carboxylic acids is 2. The predicted molar refractivity (Wildman–Crippen MR) is 157 cm³/mol. The number of aromatic hydroxyl groups is 3. The van der Waals surface area contributed by atoms with Gasteiger partial charge in [-0.3, -0.25) is 24.0 Å². The maximum absolute atomic E-state index is 10.9. The van der Waals surface area contributed by atoms with Crippen molar-refractivity contribution in [2.75, 3.05) is 0 Å². The summed E-state index contributed by atoms with van der Waals surface area (Å²) < 4.78 is 0. The Balaban J connectivity index is 0. The molecule has 0 saturated heterocycles. The van der Waals surface area contributed by atoms with Gasteiger partial charge in [-0.05, 0) is 72.4 Å². The lowest BCUT2D eigenvalue weighted by atomic mass is 9.99. The standard InChI is InChI=1S/C9H11NO4.C9H9NO4.C9H11NO3.2O2/c2*10-6(9(13)14)3-5-1-2-7(11)8(12)4-5;10-8(9(12)13)5-6-1-3-7(11)4-2-6;2*1-2/h1-2,4,6,11-12H,3,10H2,(H,13,14);1-2,4,6H,3,10H2,(H,13,14);1-4,8,11H,5,10H2,(H,12,13);;. The molecule has 2 aromatic carbocycles. The number of allylic oxidation sites excluding steroid dienone is 3. The highest BCUT2D eigenvalue weighted by molar-refractivity contribution is 6.46. The monoisotopic (exact) mass is 637 g/mol. The van der Waals surface area contributed by atoms with Gasteiger partial charge in [0.05, 0.1) is 0 Å². The van der Waals surface area contributed by atoms with Crippen LogP contribution in [0.3, 0.4) is 0 Å². The number of aliphatic carboxylic acids is 3. The van der Waals surface area contributed by atoms with Crippen molar-refractivity contribution in [1.29, 1.82) is 0 Å². The number of carboxylic acids is 3.